The number of rotatable bonds is 4. The summed E-state index contributed by atoms with van der Waals surface area (Å²) >= 11 is 7.05. The van der Waals surface area contributed by atoms with E-state index in [1.807, 2.05) is 36.2 Å². The quantitative estimate of drug-likeness (QED) is 0.856. The summed E-state index contributed by atoms with van der Waals surface area (Å²) in [6.07, 6.45) is 0. The highest BCUT2D eigenvalue weighted by atomic mass is 35.5. The molecule has 4 nitrogen and oxygen atoms in total. The molecule has 0 unspecified atom stereocenters. The Kier molecular flexibility index (Phi) is 3.81. The van der Waals surface area contributed by atoms with Crippen LogP contribution in [0.5, 0.6) is 5.75 Å². The number of halogens is 1. The molecule has 0 atom stereocenters. The predicted molar refractivity (Wildman–Crippen MR) is 70.0 cm³/mol. The Morgan fingerprint density at radius 3 is 2.76 bits per heavy atom. The summed E-state index contributed by atoms with van der Waals surface area (Å²) in [5.41, 5.74) is 1.08. The lowest BCUT2D eigenvalue weighted by molar-refractivity contribution is 0.409. The van der Waals surface area contributed by atoms with Gasteiger partial charge in [0.2, 0.25) is 0 Å². The van der Waals surface area contributed by atoms with Crippen LogP contribution < -0.4 is 9.64 Å². The minimum atomic E-state index is 0.437. The van der Waals surface area contributed by atoms with Gasteiger partial charge >= 0.3 is 0 Å². The van der Waals surface area contributed by atoms with E-state index in [0.717, 1.165) is 23.0 Å². The Balaban J connectivity index is 2.18. The van der Waals surface area contributed by atoms with Crippen molar-refractivity contribution < 1.29 is 4.74 Å². The van der Waals surface area contributed by atoms with Crippen LogP contribution in [-0.4, -0.2) is 22.9 Å². The van der Waals surface area contributed by atoms with Crippen molar-refractivity contribution in [2.24, 2.45) is 0 Å². The molecule has 1 aromatic heterocycles. The van der Waals surface area contributed by atoms with Gasteiger partial charge in [-0.25, -0.2) is 0 Å². The normalized spacial score (nSPS) is 10.3. The van der Waals surface area contributed by atoms with Gasteiger partial charge in [0.1, 0.15) is 5.75 Å². The smallest absolute Gasteiger partial charge is 0.187 e. The number of ether oxygens (including phenoxy) is 1. The van der Waals surface area contributed by atoms with Gasteiger partial charge in [0.05, 0.1) is 18.8 Å². The number of nitrogens with zero attached hydrogens (tertiary/aromatic N) is 3. The fourth-order valence-corrected chi connectivity index (χ4v) is 2.39. The van der Waals surface area contributed by atoms with Gasteiger partial charge in [-0.1, -0.05) is 29.8 Å². The zero-order valence-corrected chi connectivity index (χ0v) is 11.1. The van der Waals surface area contributed by atoms with E-state index < -0.39 is 0 Å². The lowest BCUT2D eigenvalue weighted by Crippen LogP contribution is -2.17. The van der Waals surface area contributed by atoms with Gasteiger partial charge in [-0.2, -0.15) is 8.75 Å². The molecule has 0 N–H and O–H groups in total. The van der Waals surface area contributed by atoms with Crippen LogP contribution in [0.3, 0.4) is 0 Å². The van der Waals surface area contributed by atoms with Gasteiger partial charge in [-0.05, 0) is 6.07 Å². The summed E-state index contributed by atoms with van der Waals surface area (Å²) in [5.74, 6) is 1.56. The van der Waals surface area contributed by atoms with Gasteiger partial charge in [0.25, 0.3) is 0 Å². The maximum atomic E-state index is 5.94. The molecule has 17 heavy (non-hydrogen) atoms. The summed E-state index contributed by atoms with van der Waals surface area (Å²) in [4.78, 5) is 1.95. The highest BCUT2D eigenvalue weighted by Gasteiger charge is 2.12. The van der Waals surface area contributed by atoms with Gasteiger partial charge in [0, 0.05) is 19.2 Å². The van der Waals surface area contributed by atoms with Crippen LogP contribution in [0.2, 0.25) is 5.15 Å². The fourth-order valence-electron chi connectivity index (χ4n) is 1.56. The molecule has 1 aromatic carbocycles. The second kappa shape index (κ2) is 5.33. The summed E-state index contributed by atoms with van der Waals surface area (Å²) in [6, 6.07) is 7.87. The number of hydrogen-bond acceptors (Lipinski definition) is 5. The van der Waals surface area contributed by atoms with E-state index in [9.17, 15) is 0 Å². The van der Waals surface area contributed by atoms with E-state index in [-0.39, 0.29) is 0 Å². The first-order valence-electron chi connectivity index (χ1n) is 5.03. The van der Waals surface area contributed by atoms with Gasteiger partial charge < -0.3 is 9.64 Å². The van der Waals surface area contributed by atoms with Crippen molar-refractivity contribution in [3.05, 3.63) is 35.0 Å². The van der Waals surface area contributed by atoms with Gasteiger partial charge in [-0.15, -0.1) is 0 Å². The first kappa shape index (κ1) is 12.1. The molecular weight excluding hydrogens is 258 g/mol. The topological polar surface area (TPSA) is 38.2 Å². The van der Waals surface area contributed by atoms with Gasteiger partial charge in [0.15, 0.2) is 11.0 Å². The zero-order valence-electron chi connectivity index (χ0n) is 9.55. The maximum Gasteiger partial charge on any atom is 0.187 e. The van der Waals surface area contributed by atoms with Gasteiger partial charge in [-0.3, -0.25) is 0 Å². The summed E-state index contributed by atoms with van der Waals surface area (Å²) in [5, 5.41) is 0.437. The van der Waals surface area contributed by atoms with E-state index in [0.29, 0.717) is 17.5 Å². The molecule has 1 heterocycles. The van der Waals surface area contributed by atoms with E-state index in [2.05, 4.69) is 8.75 Å². The second-order valence-corrected chi connectivity index (χ2v) is 4.43. The van der Waals surface area contributed by atoms with Crippen molar-refractivity contribution in [3.8, 4) is 5.75 Å². The predicted octanol–water partition coefficient (Wildman–Crippen LogP) is 2.84. The summed E-state index contributed by atoms with van der Waals surface area (Å²) in [7, 11) is 3.59. The standard InChI is InChI=1S/C11H12ClN3OS/c1-15(11-10(12)13-17-14-11)7-8-5-3-4-6-9(8)16-2/h3-6H,7H2,1-2H3. The molecule has 2 rings (SSSR count). The van der Waals surface area contributed by atoms with Crippen LogP contribution in [0.15, 0.2) is 24.3 Å². The van der Waals surface area contributed by atoms with Crippen LogP contribution >= 0.6 is 23.3 Å². The molecular formula is C11H12ClN3OS. The highest BCUT2D eigenvalue weighted by molar-refractivity contribution is 6.99. The minimum Gasteiger partial charge on any atom is -0.496 e. The first-order valence-corrected chi connectivity index (χ1v) is 6.14. The number of para-hydroxylation sites is 1. The molecule has 0 aliphatic rings. The van der Waals surface area contributed by atoms with E-state index in [1.165, 1.54) is 0 Å². The first-order chi connectivity index (χ1) is 8.22. The van der Waals surface area contributed by atoms with Crippen LogP contribution in [0.4, 0.5) is 5.82 Å². The number of anilines is 1. The molecule has 0 saturated heterocycles. The van der Waals surface area contributed by atoms with E-state index in [1.54, 1.807) is 7.11 Å². The molecule has 0 radical (unpaired) electrons. The third kappa shape index (κ3) is 2.68. The van der Waals surface area contributed by atoms with Crippen LogP contribution in [-0.2, 0) is 6.54 Å². The van der Waals surface area contributed by atoms with Crippen molar-refractivity contribution in [2.45, 2.75) is 6.54 Å². The lowest BCUT2D eigenvalue weighted by Gasteiger charge is -2.17. The van der Waals surface area contributed by atoms with Crippen molar-refractivity contribution in [2.75, 3.05) is 19.1 Å². The summed E-state index contributed by atoms with van der Waals surface area (Å²) < 4.78 is 13.4. The Hall–Kier alpha value is -1.33. The molecule has 2 aromatic rings. The average Bonchev–Trinajstić information content (AvgIpc) is 2.76. The molecule has 0 aliphatic heterocycles. The molecule has 0 bridgehead atoms. The molecule has 0 spiro atoms. The fraction of sp³-hybridized carbons (Fsp3) is 0.273. The largest absolute Gasteiger partial charge is 0.496 e. The second-order valence-electron chi connectivity index (χ2n) is 3.55. The minimum absolute atomic E-state index is 0.437. The van der Waals surface area contributed by atoms with Crippen LogP contribution in [0.1, 0.15) is 5.56 Å². The van der Waals surface area contributed by atoms with E-state index in [4.69, 9.17) is 16.3 Å². The average molecular weight is 270 g/mol. The highest BCUT2D eigenvalue weighted by Crippen LogP contribution is 2.25. The van der Waals surface area contributed by atoms with Crippen molar-refractivity contribution in [3.63, 3.8) is 0 Å². The number of benzene rings is 1. The van der Waals surface area contributed by atoms with Crippen LogP contribution in [0.25, 0.3) is 0 Å². The monoisotopic (exact) mass is 269 g/mol. The van der Waals surface area contributed by atoms with Crippen molar-refractivity contribution in [1.82, 2.24) is 8.75 Å². The molecule has 0 aliphatic carbocycles. The Morgan fingerprint density at radius 2 is 2.12 bits per heavy atom. The Labute approximate surface area is 109 Å². The number of aromatic nitrogens is 2. The Bertz CT molecular complexity index is 503. The number of hydrogen-bond donors (Lipinski definition) is 0. The summed E-state index contributed by atoms with van der Waals surface area (Å²) in [6.45, 7) is 0.676. The Morgan fingerprint density at radius 1 is 1.35 bits per heavy atom. The molecule has 0 fully saturated rings. The van der Waals surface area contributed by atoms with Crippen molar-refractivity contribution >= 4 is 29.1 Å². The maximum absolute atomic E-state index is 5.94. The zero-order chi connectivity index (χ0) is 12.3. The van der Waals surface area contributed by atoms with E-state index >= 15 is 0 Å². The number of methoxy groups -OCH3 is 1. The SMILES string of the molecule is COc1ccccc1CN(C)c1nsnc1Cl. The third-order valence-corrected chi connectivity index (χ3v) is 3.27. The van der Waals surface area contributed by atoms with Crippen molar-refractivity contribution in [1.29, 1.82) is 0 Å². The third-order valence-electron chi connectivity index (χ3n) is 2.39. The molecule has 0 amide bonds. The molecule has 90 valence electrons. The molecule has 6 heteroatoms. The molecule has 0 saturated carbocycles. The van der Waals surface area contributed by atoms with Crippen LogP contribution in [0, 0.1) is 0 Å². The lowest BCUT2D eigenvalue weighted by atomic mass is 10.2.